The Balaban J connectivity index is 2.67. The number of hydrogen-bond acceptors (Lipinski definition) is 3. The molecule has 0 aromatic carbocycles. The molecule has 0 saturated carbocycles. The molecule has 14 heavy (non-hydrogen) atoms. The molecule has 0 bridgehead atoms. The van der Waals surface area contributed by atoms with Gasteiger partial charge in [0.05, 0.1) is 6.61 Å². The van der Waals surface area contributed by atoms with Gasteiger partial charge in [-0.1, -0.05) is 29.3 Å². The van der Waals surface area contributed by atoms with Crippen LogP contribution in [-0.4, -0.2) is 35.2 Å². The molecule has 78 valence electrons. The Bertz CT molecular complexity index is 307. The molecule has 0 atom stereocenters. The number of halogens is 2. The smallest absolute Gasteiger partial charge is 0.135 e. The Kier molecular flexibility index (Phi) is 4.62. The van der Waals surface area contributed by atoms with Gasteiger partial charge in [0.1, 0.15) is 10.3 Å². The van der Waals surface area contributed by atoms with Crippen LogP contribution in [0.3, 0.4) is 0 Å². The molecule has 3 nitrogen and oxygen atoms in total. The second-order valence-electron chi connectivity index (χ2n) is 3.05. The summed E-state index contributed by atoms with van der Waals surface area (Å²) in [6, 6.07) is 3.54. The number of hydrogen-bond donors (Lipinski definition) is 1. The highest BCUT2D eigenvalue weighted by atomic mass is 35.5. The van der Waals surface area contributed by atoms with E-state index < -0.39 is 0 Å². The number of rotatable bonds is 4. The maximum absolute atomic E-state index is 8.72. The predicted molar refractivity (Wildman–Crippen MR) is 57.7 cm³/mol. The minimum atomic E-state index is 0.134. The molecular weight excluding hydrogens is 223 g/mol. The largest absolute Gasteiger partial charge is 0.395 e. The summed E-state index contributed by atoms with van der Waals surface area (Å²) in [5.41, 5.74) is 0.909. The minimum absolute atomic E-state index is 0.134. The van der Waals surface area contributed by atoms with Crippen LogP contribution >= 0.6 is 23.2 Å². The maximum Gasteiger partial charge on any atom is 0.135 e. The van der Waals surface area contributed by atoms with Gasteiger partial charge < -0.3 is 5.11 Å². The fourth-order valence-electron chi connectivity index (χ4n) is 1.10. The van der Waals surface area contributed by atoms with Crippen LogP contribution in [0, 0.1) is 0 Å². The first-order valence-electron chi connectivity index (χ1n) is 4.24. The van der Waals surface area contributed by atoms with Crippen molar-refractivity contribution in [1.29, 1.82) is 0 Å². The molecule has 1 rings (SSSR count). The van der Waals surface area contributed by atoms with Crippen LogP contribution in [0.2, 0.25) is 10.3 Å². The Morgan fingerprint density at radius 3 is 2.71 bits per heavy atom. The summed E-state index contributed by atoms with van der Waals surface area (Å²) in [5, 5.41) is 9.53. The third-order valence-corrected chi connectivity index (χ3v) is 2.35. The summed E-state index contributed by atoms with van der Waals surface area (Å²) >= 11 is 11.6. The van der Waals surface area contributed by atoms with E-state index in [4.69, 9.17) is 28.3 Å². The third kappa shape index (κ3) is 3.42. The van der Waals surface area contributed by atoms with Crippen molar-refractivity contribution < 1.29 is 5.11 Å². The molecule has 0 aliphatic rings. The minimum Gasteiger partial charge on any atom is -0.395 e. The monoisotopic (exact) mass is 234 g/mol. The van der Waals surface area contributed by atoms with Crippen molar-refractivity contribution in [2.45, 2.75) is 6.54 Å². The molecule has 0 spiro atoms. The van der Waals surface area contributed by atoms with E-state index in [2.05, 4.69) is 4.98 Å². The summed E-state index contributed by atoms with van der Waals surface area (Å²) in [4.78, 5) is 5.88. The Morgan fingerprint density at radius 1 is 1.43 bits per heavy atom. The number of aromatic nitrogens is 1. The number of aliphatic hydroxyl groups is 1. The molecule has 0 aliphatic carbocycles. The van der Waals surface area contributed by atoms with Gasteiger partial charge in [0, 0.05) is 18.7 Å². The average molecular weight is 235 g/mol. The highest BCUT2D eigenvalue weighted by Crippen LogP contribution is 2.17. The van der Waals surface area contributed by atoms with Crippen molar-refractivity contribution in [1.82, 2.24) is 9.88 Å². The SMILES string of the molecule is CN(CCO)Cc1ccc(Cl)nc1Cl. The van der Waals surface area contributed by atoms with Crippen molar-refractivity contribution in [3.63, 3.8) is 0 Å². The zero-order chi connectivity index (χ0) is 10.6. The van der Waals surface area contributed by atoms with Gasteiger partial charge >= 0.3 is 0 Å². The van der Waals surface area contributed by atoms with Crippen molar-refractivity contribution >= 4 is 23.2 Å². The molecule has 0 aliphatic heterocycles. The van der Waals surface area contributed by atoms with Gasteiger partial charge in [0.15, 0.2) is 0 Å². The molecular formula is C9H12Cl2N2O. The lowest BCUT2D eigenvalue weighted by molar-refractivity contribution is 0.217. The van der Waals surface area contributed by atoms with Gasteiger partial charge in [-0.15, -0.1) is 0 Å². The van der Waals surface area contributed by atoms with Gasteiger partial charge in [0.25, 0.3) is 0 Å². The molecule has 0 unspecified atom stereocenters. The third-order valence-electron chi connectivity index (χ3n) is 1.81. The van der Waals surface area contributed by atoms with Crippen LogP contribution in [-0.2, 0) is 6.54 Å². The van der Waals surface area contributed by atoms with Crippen molar-refractivity contribution in [2.75, 3.05) is 20.2 Å². The van der Waals surface area contributed by atoms with Crippen LogP contribution < -0.4 is 0 Å². The number of aliphatic hydroxyl groups excluding tert-OH is 1. The van der Waals surface area contributed by atoms with Crippen molar-refractivity contribution in [3.8, 4) is 0 Å². The molecule has 5 heteroatoms. The van der Waals surface area contributed by atoms with E-state index in [-0.39, 0.29) is 6.61 Å². The van der Waals surface area contributed by atoms with Crippen LogP contribution in [0.4, 0.5) is 0 Å². The summed E-state index contributed by atoms with van der Waals surface area (Å²) in [6.45, 7) is 1.40. The molecule has 1 N–H and O–H groups in total. The van der Waals surface area contributed by atoms with Gasteiger partial charge in [-0.3, -0.25) is 4.90 Å². The van der Waals surface area contributed by atoms with Gasteiger partial charge in [-0.05, 0) is 13.1 Å². The zero-order valence-electron chi connectivity index (χ0n) is 7.87. The molecule has 0 saturated heterocycles. The first-order chi connectivity index (χ1) is 6.63. The second kappa shape index (κ2) is 5.51. The number of nitrogens with zero attached hydrogens (tertiary/aromatic N) is 2. The highest BCUT2D eigenvalue weighted by molar-refractivity contribution is 6.32. The number of likely N-dealkylation sites (N-methyl/N-ethyl adjacent to an activating group) is 1. The average Bonchev–Trinajstić information content (AvgIpc) is 2.10. The Morgan fingerprint density at radius 2 is 2.14 bits per heavy atom. The van der Waals surface area contributed by atoms with Gasteiger partial charge in [-0.25, -0.2) is 4.98 Å². The molecule has 1 aromatic rings. The quantitative estimate of drug-likeness (QED) is 0.808. The van der Waals surface area contributed by atoms with E-state index in [1.165, 1.54) is 0 Å². The van der Waals surface area contributed by atoms with E-state index in [1.54, 1.807) is 6.07 Å². The van der Waals surface area contributed by atoms with Crippen molar-refractivity contribution in [3.05, 3.63) is 28.0 Å². The first kappa shape index (κ1) is 11.7. The van der Waals surface area contributed by atoms with Gasteiger partial charge in [-0.2, -0.15) is 0 Å². The van der Waals surface area contributed by atoms with E-state index in [1.807, 2.05) is 18.0 Å². The topological polar surface area (TPSA) is 36.4 Å². The zero-order valence-corrected chi connectivity index (χ0v) is 9.39. The summed E-state index contributed by atoms with van der Waals surface area (Å²) in [6.07, 6.45) is 0. The Labute approximate surface area is 93.3 Å². The predicted octanol–water partition coefficient (Wildman–Crippen LogP) is 1.81. The molecule has 0 radical (unpaired) electrons. The van der Waals surface area contributed by atoms with E-state index in [0.717, 1.165) is 5.56 Å². The summed E-state index contributed by atoms with van der Waals surface area (Å²) in [5.74, 6) is 0. The van der Waals surface area contributed by atoms with Crippen LogP contribution in [0.15, 0.2) is 12.1 Å². The fraction of sp³-hybridized carbons (Fsp3) is 0.444. The molecule has 1 aromatic heterocycles. The first-order valence-corrected chi connectivity index (χ1v) is 4.99. The van der Waals surface area contributed by atoms with E-state index in [0.29, 0.717) is 23.4 Å². The summed E-state index contributed by atoms with van der Waals surface area (Å²) < 4.78 is 0. The lowest BCUT2D eigenvalue weighted by Crippen LogP contribution is -2.21. The standard InChI is InChI=1S/C9H12Cl2N2O/c1-13(4-5-14)6-7-2-3-8(10)12-9(7)11/h2-3,14H,4-6H2,1H3. The lowest BCUT2D eigenvalue weighted by atomic mass is 10.3. The highest BCUT2D eigenvalue weighted by Gasteiger charge is 2.05. The van der Waals surface area contributed by atoms with Crippen molar-refractivity contribution in [2.24, 2.45) is 0 Å². The van der Waals surface area contributed by atoms with E-state index in [9.17, 15) is 0 Å². The number of pyridine rings is 1. The van der Waals surface area contributed by atoms with E-state index >= 15 is 0 Å². The molecule has 0 fully saturated rings. The fourth-order valence-corrected chi connectivity index (χ4v) is 1.50. The molecule has 0 amide bonds. The molecule has 1 heterocycles. The lowest BCUT2D eigenvalue weighted by Gasteiger charge is -2.15. The summed E-state index contributed by atoms with van der Waals surface area (Å²) in [7, 11) is 1.90. The Hall–Kier alpha value is -0.350. The van der Waals surface area contributed by atoms with Gasteiger partial charge in [0.2, 0.25) is 0 Å². The maximum atomic E-state index is 8.72. The van der Waals surface area contributed by atoms with Crippen LogP contribution in [0.25, 0.3) is 0 Å². The van der Waals surface area contributed by atoms with Crippen LogP contribution in [0.5, 0.6) is 0 Å². The second-order valence-corrected chi connectivity index (χ2v) is 3.79. The van der Waals surface area contributed by atoms with Crippen LogP contribution in [0.1, 0.15) is 5.56 Å². The normalized spacial score (nSPS) is 10.9.